The number of aryl methyl sites for hydroxylation is 1. The molecule has 0 heterocycles. The van der Waals surface area contributed by atoms with Crippen molar-refractivity contribution < 1.29 is 28.6 Å². The standard InChI is InChI=1S/C42H40O6/c1-6-29-18-21-34(26-37(29)35-22-19-33(38(43)7-2)24-36(35)27(3)4)46-28(5)32-20-23-39(47-41(44)30-14-10-8-11-15-30)40(25-32)48-42(45)31-16-12-9-13-17-31/h8-28H,6-7H2,1-5H3. The van der Waals surface area contributed by atoms with Gasteiger partial charge in [-0.3, -0.25) is 4.79 Å². The van der Waals surface area contributed by atoms with Crippen LogP contribution in [0, 0.1) is 0 Å². The molecule has 6 nitrogen and oxygen atoms in total. The van der Waals surface area contributed by atoms with Crippen LogP contribution in [0.5, 0.6) is 17.2 Å². The first-order valence-corrected chi connectivity index (χ1v) is 16.3. The summed E-state index contributed by atoms with van der Waals surface area (Å²) in [7, 11) is 0. The first-order chi connectivity index (χ1) is 23.2. The highest BCUT2D eigenvalue weighted by Gasteiger charge is 2.20. The third-order valence-electron chi connectivity index (χ3n) is 8.24. The van der Waals surface area contributed by atoms with Crippen LogP contribution in [-0.2, 0) is 6.42 Å². The van der Waals surface area contributed by atoms with Gasteiger partial charge in [0.2, 0.25) is 0 Å². The fourth-order valence-corrected chi connectivity index (χ4v) is 5.53. The van der Waals surface area contributed by atoms with Gasteiger partial charge in [0, 0.05) is 12.0 Å². The van der Waals surface area contributed by atoms with Crippen molar-refractivity contribution in [1.82, 2.24) is 0 Å². The summed E-state index contributed by atoms with van der Waals surface area (Å²) in [5, 5.41) is 0. The number of Topliss-reactive ketones (excluding diaryl/α,β-unsaturated/α-hetero) is 1. The van der Waals surface area contributed by atoms with Crippen molar-refractivity contribution >= 4 is 17.7 Å². The van der Waals surface area contributed by atoms with Crippen molar-refractivity contribution in [3.8, 4) is 28.4 Å². The van der Waals surface area contributed by atoms with Gasteiger partial charge in [-0.15, -0.1) is 0 Å². The van der Waals surface area contributed by atoms with Crippen LogP contribution in [0.2, 0.25) is 0 Å². The van der Waals surface area contributed by atoms with Crippen LogP contribution in [0.1, 0.15) is 101 Å². The average Bonchev–Trinajstić information content (AvgIpc) is 3.12. The Morgan fingerprint density at radius 2 is 1.23 bits per heavy atom. The Balaban J connectivity index is 1.46. The van der Waals surface area contributed by atoms with Gasteiger partial charge in [-0.25, -0.2) is 9.59 Å². The molecule has 1 unspecified atom stereocenters. The Bertz CT molecular complexity index is 1910. The SMILES string of the molecule is CCC(=O)c1ccc(-c2cc(OC(C)c3ccc(OC(=O)c4ccccc4)c(OC(=O)c4ccccc4)c3)ccc2CC)c(C(C)C)c1. The molecule has 5 aromatic carbocycles. The number of carbonyl (C=O) groups excluding carboxylic acids is 3. The largest absolute Gasteiger partial charge is 0.486 e. The molecule has 244 valence electrons. The molecular formula is C42H40O6. The van der Waals surface area contributed by atoms with Gasteiger partial charge in [0.25, 0.3) is 0 Å². The fourth-order valence-electron chi connectivity index (χ4n) is 5.53. The van der Waals surface area contributed by atoms with Crippen molar-refractivity contribution in [2.24, 2.45) is 0 Å². The summed E-state index contributed by atoms with van der Waals surface area (Å²) in [6.07, 6.45) is 0.840. The first kappa shape index (κ1) is 33.9. The fraction of sp³-hybridized carbons (Fsp3) is 0.214. The van der Waals surface area contributed by atoms with Crippen molar-refractivity contribution in [3.05, 3.63) is 149 Å². The summed E-state index contributed by atoms with van der Waals surface area (Å²) in [5.41, 5.74) is 6.60. The second-order valence-corrected chi connectivity index (χ2v) is 11.9. The minimum atomic E-state index is -0.578. The van der Waals surface area contributed by atoms with Crippen molar-refractivity contribution in [1.29, 1.82) is 0 Å². The normalized spacial score (nSPS) is 11.5. The van der Waals surface area contributed by atoms with Crippen LogP contribution in [-0.4, -0.2) is 17.7 Å². The second kappa shape index (κ2) is 15.4. The quantitative estimate of drug-likeness (QED) is 0.0767. The molecule has 0 saturated carbocycles. The van der Waals surface area contributed by atoms with E-state index in [0.29, 0.717) is 23.3 Å². The van der Waals surface area contributed by atoms with Crippen LogP contribution >= 0.6 is 0 Å². The lowest BCUT2D eigenvalue weighted by Gasteiger charge is -2.21. The van der Waals surface area contributed by atoms with Gasteiger partial charge in [-0.2, -0.15) is 0 Å². The zero-order valence-corrected chi connectivity index (χ0v) is 28.0. The molecule has 0 radical (unpaired) electrons. The summed E-state index contributed by atoms with van der Waals surface area (Å²) >= 11 is 0. The Kier molecular flexibility index (Phi) is 10.9. The number of ketones is 1. The molecule has 0 aliphatic heterocycles. The minimum absolute atomic E-state index is 0.103. The highest BCUT2D eigenvalue weighted by atomic mass is 16.6. The van der Waals surface area contributed by atoms with E-state index < -0.39 is 18.0 Å². The molecule has 0 amide bonds. The smallest absolute Gasteiger partial charge is 0.343 e. The summed E-state index contributed by atoms with van der Waals surface area (Å²) in [6.45, 7) is 10.2. The van der Waals surface area contributed by atoms with E-state index in [1.54, 1.807) is 66.7 Å². The first-order valence-electron chi connectivity index (χ1n) is 16.3. The molecule has 0 aliphatic carbocycles. The maximum Gasteiger partial charge on any atom is 0.343 e. The highest BCUT2D eigenvalue weighted by molar-refractivity contribution is 5.97. The molecule has 1 atom stereocenters. The third kappa shape index (κ3) is 7.89. The minimum Gasteiger partial charge on any atom is -0.486 e. The molecule has 5 aromatic rings. The van der Waals surface area contributed by atoms with E-state index >= 15 is 0 Å². The summed E-state index contributed by atoms with van der Waals surface area (Å²) in [6, 6.07) is 34.4. The van der Waals surface area contributed by atoms with Crippen molar-refractivity contribution in [3.63, 3.8) is 0 Å². The van der Waals surface area contributed by atoms with E-state index in [1.807, 2.05) is 56.3 Å². The van der Waals surface area contributed by atoms with Crippen LogP contribution in [0.25, 0.3) is 11.1 Å². The lowest BCUT2D eigenvalue weighted by Crippen LogP contribution is -2.13. The van der Waals surface area contributed by atoms with E-state index in [1.165, 1.54) is 5.56 Å². The van der Waals surface area contributed by atoms with Crippen LogP contribution < -0.4 is 14.2 Å². The maximum atomic E-state index is 13.1. The second-order valence-electron chi connectivity index (χ2n) is 11.9. The number of benzene rings is 5. The predicted octanol–water partition coefficient (Wildman–Crippen LogP) is 10.2. The zero-order chi connectivity index (χ0) is 34.2. The molecule has 48 heavy (non-hydrogen) atoms. The van der Waals surface area contributed by atoms with Gasteiger partial charge in [-0.1, -0.05) is 88.4 Å². The van der Waals surface area contributed by atoms with Gasteiger partial charge >= 0.3 is 11.9 Å². The molecule has 0 fully saturated rings. The Hall–Kier alpha value is -5.49. The number of ether oxygens (including phenoxy) is 3. The Morgan fingerprint density at radius 1 is 0.604 bits per heavy atom. The van der Waals surface area contributed by atoms with Crippen molar-refractivity contribution in [2.45, 2.75) is 59.5 Å². The van der Waals surface area contributed by atoms with Gasteiger partial charge < -0.3 is 14.2 Å². The van der Waals surface area contributed by atoms with Crippen LogP contribution in [0.3, 0.4) is 0 Å². The molecular weight excluding hydrogens is 600 g/mol. The van der Waals surface area contributed by atoms with E-state index in [-0.39, 0.29) is 23.2 Å². The zero-order valence-electron chi connectivity index (χ0n) is 28.0. The number of rotatable bonds is 12. The number of hydrogen-bond donors (Lipinski definition) is 0. The molecule has 0 aliphatic rings. The molecule has 0 bridgehead atoms. The van der Waals surface area contributed by atoms with E-state index in [4.69, 9.17) is 14.2 Å². The molecule has 6 heteroatoms. The lowest BCUT2D eigenvalue weighted by molar-refractivity contribution is 0.0682. The molecule has 5 rings (SSSR count). The molecule has 0 N–H and O–H groups in total. The van der Waals surface area contributed by atoms with Crippen LogP contribution in [0.15, 0.2) is 115 Å². The number of esters is 2. The van der Waals surface area contributed by atoms with Crippen molar-refractivity contribution in [2.75, 3.05) is 0 Å². The van der Waals surface area contributed by atoms with E-state index in [9.17, 15) is 14.4 Å². The number of hydrogen-bond acceptors (Lipinski definition) is 6. The lowest BCUT2D eigenvalue weighted by atomic mass is 9.87. The predicted molar refractivity (Wildman–Crippen MR) is 188 cm³/mol. The van der Waals surface area contributed by atoms with Gasteiger partial charge in [-0.05, 0) is 102 Å². The van der Waals surface area contributed by atoms with E-state index in [0.717, 1.165) is 34.2 Å². The highest BCUT2D eigenvalue weighted by Crippen LogP contribution is 2.37. The monoisotopic (exact) mass is 640 g/mol. The molecule has 0 spiro atoms. The summed E-state index contributed by atoms with van der Waals surface area (Å²) < 4.78 is 18.0. The Labute approximate surface area is 282 Å². The van der Waals surface area contributed by atoms with Crippen LogP contribution in [0.4, 0.5) is 0 Å². The maximum absolute atomic E-state index is 13.1. The summed E-state index contributed by atoms with van der Waals surface area (Å²) in [4.78, 5) is 38.5. The third-order valence-corrected chi connectivity index (χ3v) is 8.24. The molecule has 0 saturated heterocycles. The van der Waals surface area contributed by atoms with E-state index in [2.05, 4.69) is 26.8 Å². The number of carbonyl (C=O) groups is 3. The topological polar surface area (TPSA) is 78.9 Å². The van der Waals surface area contributed by atoms with Gasteiger partial charge in [0.05, 0.1) is 11.1 Å². The Morgan fingerprint density at radius 3 is 1.81 bits per heavy atom. The van der Waals surface area contributed by atoms with Gasteiger partial charge in [0.15, 0.2) is 17.3 Å². The van der Waals surface area contributed by atoms with Gasteiger partial charge in [0.1, 0.15) is 11.9 Å². The average molecular weight is 641 g/mol. The molecule has 0 aromatic heterocycles. The summed E-state index contributed by atoms with van der Waals surface area (Å²) in [5.74, 6) is 0.0766.